The van der Waals surface area contributed by atoms with E-state index in [2.05, 4.69) is 6.58 Å². The van der Waals surface area contributed by atoms with E-state index in [4.69, 9.17) is 4.74 Å². The summed E-state index contributed by atoms with van der Waals surface area (Å²) < 4.78 is 4.82. The van der Waals surface area contributed by atoms with Crippen LogP contribution in [-0.4, -0.2) is 54.6 Å². The van der Waals surface area contributed by atoms with Crippen molar-refractivity contribution in [2.45, 2.75) is 25.3 Å². The summed E-state index contributed by atoms with van der Waals surface area (Å²) in [5.74, 6) is 0.894. The number of ether oxygens (including phenoxy) is 1. The molecular formula is C14H20N2O3. The maximum absolute atomic E-state index is 12.2. The fourth-order valence-electron chi connectivity index (χ4n) is 3.86. The first-order valence-electron chi connectivity index (χ1n) is 6.91. The first kappa shape index (κ1) is 12.5. The van der Waals surface area contributed by atoms with Crippen LogP contribution in [0.15, 0.2) is 12.2 Å². The van der Waals surface area contributed by atoms with Crippen molar-refractivity contribution < 1.29 is 14.3 Å². The van der Waals surface area contributed by atoms with Crippen LogP contribution in [-0.2, 0) is 9.53 Å². The standard InChI is InChI=1S/C14H20N2O3/c1-9-3-4-12-11-5-10(7-16(12)13(9)17)6-15(8-11)14(18)19-2/h10-12H,1,3-8H2,2H3/t10-,11+,12-/m0/s1. The largest absolute Gasteiger partial charge is 0.453 e. The molecule has 2 amide bonds. The highest BCUT2D eigenvalue weighted by atomic mass is 16.5. The van der Waals surface area contributed by atoms with E-state index in [0.717, 1.165) is 31.4 Å². The van der Waals surface area contributed by atoms with Gasteiger partial charge in [0, 0.05) is 31.2 Å². The van der Waals surface area contributed by atoms with Crippen LogP contribution in [0.5, 0.6) is 0 Å². The van der Waals surface area contributed by atoms with Crippen molar-refractivity contribution >= 4 is 12.0 Å². The van der Waals surface area contributed by atoms with Crippen LogP contribution in [0.2, 0.25) is 0 Å². The minimum Gasteiger partial charge on any atom is -0.453 e. The number of rotatable bonds is 0. The van der Waals surface area contributed by atoms with E-state index >= 15 is 0 Å². The van der Waals surface area contributed by atoms with Gasteiger partial charge in [-0.3, -0.25) is 4.79 Å². The fourth-order valence-corrected chi connectivity index (χ4v) is 3.86. The number of likely N-dealkylation sites (tertiary alicyclic amines) is 1. The monoisotopic (exact) mass is 264 g/mol. The number of carbonyl (C=O) groups excluding carboxylic acids is 2. The maximum Gasteiger partial charge on any atom is 0.409 e. The maximum atomic E-state index is 12.2. The number of carbonyl (C=O) groups is 2. The fraction of sp³-hybridized carbons (Fsp3) is 0.714. The molecule has 0 N–H and O–H groups in total. The van der Waals surface area contributed by atoms with Crippen LogP contribution in [0.25, 0.3) is 0 Å². The first-order chi connectivity index (χ1) is 9.10. The number of fused-ring (bicyclic) bond motifs is 4. The molecule has 3 fully saturated rings. The topological polar surface area (TPSA) is 49.9 Å². The van der Waals surface area contributed by atoms with Crippen LogP contribution in [0.3, 0.4) is 0 Å². The van der Waals surface area contributed by atoms with Crippen molar-refractivity contribution in [3.8, 4) is 0 Å². The summed E-state index contributed by atoms with van der Waals surface area (Å²) in [6, 6.07) is 0.279. The summed E-state index contributed by atoms with van der Waals surface area (Å²) in [6.07, 6.45) is 2.65. The van der Waals surface area contributed by atoms with Gasteiger partial charge in [-0.05, 0) is 31.1 Å². The van der Waals surface area contributed by atoms with Crippen molar-refractivity contribution in [2.24, 2.45) is 11.8 Å². The summed E-state index contributed by atoms with van der Waals surface area (Å²) in [5, 5.41) is 0. The van der Waals surface area contributed by atoms with Crippen LogP contribution in [0.1, 0.15) is 19.3 Å². The van der Waals surface area contributed by atoms with Gasteiger partial charge in [-0.15, -0.1) is 0 Å². The van der Waals surface area contributed by atoms with Crippen molar-refractivity contribution in [3.63, 3.8) is 0 Å². The molecule has 3 rings (SSSR count). The highest BCUT2D eigenvalue weighted by Gasteiger charge is 2.45. The van der Waals surface area contributed by atoms with Gasteiger partial charge in [-0.25, -0.2) is 4.79 Å². The molecular weight excluding hydrogens is 244 g/mol. The number of hydrogen-bond donors (Lipinski definition) is 0. The minimum atomic E-state index is -0.241. The molecule has 0 spiro atoms. The van der Waals surface area contributed by atoms with Crippen LogP contribution < -0.4 is 0 Å². The molecule has 0 radical (unpaired) electrons. The molecule has 3 aliphatic rings. The van der Waals surface area contributed by atoms with Crippen molar-refractivity contribution in [1.29, 1.82) is 0 Å². The molecule has 5 heteroatoms. The number of methoxy groups -OCH3 is 1. The Morgan fingerprint density at radius 1 is 1.37 bits per heavy atom. The normalized spacial score (nSPS) is 34.1. The van der Waals surface area contributed by atoms with Crippen LogP contribution in [0, 0.1) is 11.8 Å². The summed E-state index contributed by atoms with van der Waals surface area (Å²) in [5.41, 5.74) is 0.737. The summed E-state index contributed by atoms with van der Waals surface area (Å²) in [4.78, 5) is 27.7. The molecule has 3 heterocycles. The number of amides is 2. The second kappa shape index (κ2) is 4.54. The van der Waals surface area contributed by atoms with Gasteiger partial charge in [0.05, 0.1) is 7.11 Å². The highest BCUT2D eigenvalue weighted by Crippen LogP contribution is 2.38. The van der Waals surface area contributed by atoms with Gasteiger partial charge in [-0.2, -0.15) is 0 Å². The molecule has 104 valence electrons. The van der Waals surface area contributed by atoms with Crippen molar-refractivity contribution in [3.05, 3.63) is 12.2 Å². The molecule has 3 aliphatic heterocycles. The molecule has 2 bridgehead atoms. The molecule has 0 aromatic carbocycles. The van der Waals surface area contributed by atoms with E-state index in [0.29, 0.717) is 24.9 Å². The first-order valence-corrected chi connectivity index (χ1v) is 6.91. The lowest BCUT2D eigenvalue weighted by atomic mass is 9.75. The Kier molecular flexibility index (Phi) is 2.99. The average molecular weight is 264 g/mol. The van der Waals surface area contributed by atoms with Crippen molar-refractivity contribution in [1.82, 2.24) is 9.80 Å². The Morgan fingerprint density at radius 2 is 2.16 bits per heavy atom. The molecule has 0 aromatic heterocycles. The Hall–Kier alpha value is -1.52. The molecule has 0 aromatic rings. The predicted molar refractivity (Wildman–Crippen MR) is 69.5 cm³/mol. The number of piperidine rings is 3. The Bertz CT molecular complexity index is 434. The molecule has 3 atom stereocenters. The third kappa shape index (κ3) is 2.01. The molecule has 0 saturated carbocycles. The second-order valence-corrected chi connectivity index (χ2v) is 5.90. The lowest BCUT2D eigenvalue weighted by Crippen LogP contribution is -2.61. The molecule has 0 unspecified atom stereocenters. The Labute approximate surface area is 113 Å². The van der Waals surface area contributed by atoms with Gasteiger partial charge in [-0.1, -0.05) is 6.58 Å². The van der Waals surface area contributed by atoms with Crippen molar-refractivity contribution in [2.75, 3.05) is 26.7 Å². The highest BCUT2D eigenvalue weighted by molar-refractivity contribution is 5.94. The zero-order valence-corrected chi connectivity index (χ0v) is 11.3. The Morgan fingerprint density at radius 3 is 2.89 bits per heavy atom. The third-order valence-electron chi connectivity index (χ3n) is 4.71. The van der Waals surface area contributed by atoms with E-state index < -0.39 is 0 Å². The lowest BCUT2D eigenvalue weighted by molar-refractivity contribution is -0.139. The molecule has 19 heavy (non-hydrogen) atoms. The summed E-state index contributed by atoms with van der Waals surface area (Å²) in [6.45, 7) is 6.03. The van der Waals surface area contributed by atoms with E-state index in [-0.39, 0.29) is 18.0 Å². The van der Waals surface area contributed by atoms with Gasteiger partial charge in [0.1, 0.15) is 0 Å². The van der Waals surface area contributed by atoms with Gasteiger partial charge >= 0.3 is 6.09 Å². The lowest BCUT2D eigenvalue weighted by Gasteiger charge is -2.52. The SMILES string of the molecule is C=C1CC[C@H]2[C@@H]3C[C@@H](CN(C(=O)OC)C3)CN2C1=O. The second-order valence-electron chi connectivity index (χ2n) is 5.90. The molecule has 3 saturated heterocycles. The number of nitrogens with zero attached hydrogens (tertiary/aromatic N) is 2. The predicted octanol–water partition coefficient (Wildman–Crippen LogP) is 1.25. The van der Waals surface area contributed by atoms with Gasteiger partial charge in [0.15, 0.2) is 0 Å². The quantitative estimate of drug-likeness (QED) is 0.619. The minimum absolute atomic E-state index is 0.123. The van der Waals surface area contributed by atoms with E-state index in [9.17, 15) is 9.59 Å². The van der Waals surface area contributed by atoms with E-state index in [1.54, 1.807) is 4.90 Å². The third-order valence-corrected chi connectivity index (χ3v) is 4.71. The van der Waals surface area contributed by atoms with Crippen LogP contribution >= 0.6 is 0 Å². The zero-order chi connectivity index (χ0) is 13.6. The Balaban J connectivity index is 1.78. The number of hydrogen-bond acceptors (Lipinski definition) is 3. The molecule has 5 nitrogen and oxygen atoms in total. The average Bonchev–Trinajstić information content (AvgIpc) is 2.42. The smallest absolute Gasteiger partial charge is 0.409 e. The summed E-state index contributed by atoms with van der Waals surface area (Å²) >= 11 is 0. The van der Waals surface area contributed by atoms with E-state index in [1.165, 1.54) is 7.11 Å². The van der Waals surface area contributed by atoms with E-state index in [1.807, 2.05) is 4.90 Å². The summed E-state index contributed by atoms with van der Waals surface area (Å²) in [7, 11) is 1.42. The van der Waals surface area contributed by atoms with Gasteiger partial charge in [0.25, 0.3) is 0 Å². The van der Waals surface area contributed by atoms with Gasteiger partial charge in [0.2, 0.25) is 5.91 Å². The van der Waals surface area contributed by atoms with Crippen LogP contribution in [0.4, 0.5) is 4.79 Å². The van der Waals surface area contributed by atoms with Gasteiger partial charge < -0.3 is 14.5 Å². The zero-order valence-electron chi connectivity index (χ0n) is 11.3. The molecule has 0 aliphatic carbocycles.